The molecule has 3 atom stereocenters. The smallest absolute Gasteiger partial charge is 0.0740 e. The summed E-state index contributed by atoms with van der Waals surface area (Å²) in [6, 6.07) is -0.187. The second-order valence-corrected chi connectivity index (χ2v) is 3.00. The molecule has 0 fully saturated rings. The molecule has 3 N–H and O–H groups in total. The van der Waals surface area contributed by atoms with E-state index in [2.05, 4.69) is 12.6 Å². The van der Waals surface area contributed by atoms with Crippen LogP contribution in [-0.2, 0) is 0 Å². The Hall–Kier alpha value is 0.01000. The lowest BCUT2D eigenvalue weighted by Gasteiger charge is -2.22. The lowest BCUT2D eigenvalue weighted by atomic mass is 10.0. The molecule has 3 heteroatoms. The Labute approximate surface area is 60.2 Å². The van der Waals surface area contributed by atoms with Crippen LogP contribution in [0.4, 0.5) is 0 Å². The van der Waals surface area contributed by atoms with Gasteiger partial charge in [-0.3, -0.25) is 0 Å². The van der Waals surface area contributed by atoms with Gasteiger partial charge in [0.25, 0.3) is 0 Å². The maximum Gasteiger partial charge on any atom is 0.0740 e. The van der Waals surface area contributed by atoms with E-state index in [9.17, 15) is 0 Å². The first-order chi connectivity index (χ1) is 4.20. The molecule has 1 aliphatic rings. The van der Waals surface area contributed by atoms with Gasteiger partial charge in [0.1, 0.15) is 0 Å². The zero-order chi connectivity index (χ0) is 6.85. The summed E-state index contributed by atoms with van der Waals surface area (Å²) in [5.41, 5.74) is 5.47. The van der Waals surface area contributed by atoms with E-state index in [-0.39, 0.29) is 11.3 Å². The van der Waals surface area contributed by atoms with Gasteiger partial charge in [-0.1, -0.05) is 12.2 Å². The van der Waals surface area contributed by atoms with Crippen molar-refractivity contribution in [2.24, 2.45) is 5.73 Å². The van der Waals surface area contributed by atoms with E-state index in [0.29, 0.717) is 6.42 Å². The summed E-state index contributed by atoms with van der Waals surface area (Å²) in [6.45, 7) is 0. The predicted octanol–water partition coefficient (Wildman–Crippen LogP) is -0.0671. The molecule has 0 heterocycles. The molecule has 0 aromatic rings. The van der Waals surface area contributed by atoms with Gasteiger partial charge >= 0.3 is 0 Å². The highest BCUT2D eigenvalue weighted by atomic mass is 32.1. The second kappa shape index (κ2) is 2.73. The SMILES string of the molecule is NC1C=CC(S)CC1O. The standard InChI is InChI=1S/C6H11NOS/c7-5-2-1-4(9)3-6(5)8/h1-2,4-6,8-9H,3,7H2. The van der Waals surface area contributed by atoms with Crippen LogP contribution in [0.1, 0.15) is 6.42 Å². The van der Waals surface area contributed by atoms with E-state index >= 15 is 0 Å². The molecule has 1 rings (SSSR count). The van der Waals surface area contributed by atoms with Crippen molar-refractivity contribution in [3.8, 4) is 0 Å². The quantitative estimate of drug-likeness (QED) is 0.330. The molecule has 0 amide bonds. The Balaban J connectivity index is 2.54. The van der Waals surface area contributed by atoms with Gasteiger partial charge in [0.2, 0.25) is 0 Å². The fourth-order valence-electron chi connectivity index (χ4n) is 0.868. The van der Waals surface area contributed by atoms with Crippen molar-refractivity contribution in [2.45, 2.75) is 23.8 Å². The van der Waals surface area contributed by atoms with Gasteiger partial charge in [-0.25, -0.2) is 0 Å². The summed E-state index contributed by atoms with van der Waals surface area (Å²) in [4.78, 5) is 0. The van der Waals surface area contributed by atoms with Crippen LogP contribution in [0.3, 0.4) is 0 Å². The molecular formula is C6H11NOS. The number of hydrogen-bond donors (Lipinski definition) is 3. The van der Waals surface area contributed by atoms with Crippen molar-refractivity contribution in [1.82, 2.24) is 0 Å². The van der Waals surface area contributed by atoms with Crippen molar-refractivity contribution >= 4 is 12.6 Å². The lowest BCUT2D eigenvalue weighted by Crippen LogP contribution is -2.37. The van der Waals surface area contributed by atoms with Crippen LogP contribution >= 0.6 is 12.6 Å². The molecule has 0 radical (unpaired) electrons. The zero-order valence-corrected chi connectivity index (χ0v) is 5.96. The first-order valence-corrected chi connectivity index (χ1v) is 3.52. The Morgan fingerprint density at radius 3 is 2.67 bits per heavy atom. The number of hydrogen-bond acceptors (Lipinski definition) is 3. The van der Waals surface area contributed by atoms with Crippen LogP contribution in [0.25, 0.3) is 0 Å². The molecule has 1 aliphatic carbocycles. The maximum absolute atomic E-state index is 9.12. The fourth-order valence-corrected chi connectivity index (χ4v) is 1.18. The molecule has 3 unspecified atom stereocenters. The minimum absolute atomic E-state index is 0.180. The van der Waals surface area contributed by atoms with Gasteiger partial charge < -0.3 is 10.8 Å². The van der Waals surface area contributed by atoms with Crippen LogP contribution in [0, 0.1) is 0 Å². The third kappa shape index (κ3) is 1.71. The number of aliphatic hydroxyl groups is 1. The molecule has 0 bridgehead atoms. The van der Waals surface area contributed by atoms with Crippen molar-refractivity contribution in [1.29, 1.82) is 0 Å². The van der Waals surface area contributed by atoms with E-state index in [4.69, 9.17) is 10.8 Å². The van der Waals surface area contributed by atoms with Crippen molar-refractivity contribution < 1.29 is 5.11 Å². The fraction of sp³-hybridized carbons (Fsp3) is 0.667. The maximum atomic E-state index is 9.12. The van der Waals surface area contributed by atoms with Crippen LogP contribution in [0.2, 0.25) is 0 Å². The van der Waals surface area contributed by atoms with Gasteiger partial charge in [0.15, 0.2) is 0 Å². The van der Waals surface area contributed by atoms with Crippen molar-refractivity contribution in [3.63, 3.8) is 0 Å². The van der Waals surface area contributed by atoms with E-state index in [1.54, 1.807) is 6.08 Å². The summed E-state index contributed by atoms with van der Waals surface area (Å²) in [6.07, 6.45) is 3.98. The van der Waals surface area contributed by atoms with E-state index in [0.717, 1.165) is 0 Å². The number of nitrogens with two attached hydrogens (primary N) is 1. The Bertz CT molecular complexity index is 126. The van der Waals surface area contributed by atoms with Gasteiger partial charge in [-0.2, -0.15) is 12.6 Å². The highest BCUT2D eigenvalue weighted by Crippen LogP contribution is 2.14. The summed E-state index contributed by atoms with van der Waals surface area (Å²) in [5.74, 6) is 0. The minimum atomic E-state index is -0.405. The molecule has 0 spiro atoms. The first kappa shape index (κ1) is 7.12. The van der Waals surface area contributed by atoms with E-state index < -0.39 is 6.10 Å². The van der Waals surface area contributed by atoms with Crippen molar-refractivity contribution in [2.75, 3.05) is 0 Å². The van der Waals surface area contributed by atoms with E-state index in [1.807, 2.05) is 6.08 Å². The summed E-state index contributed by atoms with van der Waals surface area (Å²) >= 11 is 4.16. The molecule has 0 aliphatic heterocycles. The Morgan fingerprint density at radius 2 is 2.22 bits per heavy atom. The Morgan fingerprint density at radius 1 is 1.56 bits per heavy atom. The normalized spacial score (nSPS) is 43.2. The minimum Gasteiger partial charge on any atom is -0.391 e. The molecule has 0 aromatic heterocycles. The van der Waals surface area contributed by atoms with Gasteiger partial charge in [-0.15, -0.1) is 0 Å². The number of thiol groups is 1. The van der Waals surface area contributed by atoms with Gasteiger partial charge in [0.05, 0.1) is 6.10 Å². The van der Waals surface area contributed by atoms with Crippen LogP contribution in [-0.4, -0.2) is 22.5 Å². The topological polar surface area (TPSA) is 46.2 Å². The molecule has 0 aromatic carbocycles. The first-order valence-electron chi connectivity index (χ1n) is 3.00. The monoisotopic (exact) mass is 145 g/mol. The van der Waals surface area contributed by atoms with Crippen LogP contribution in [0.15, 0.2) is 12.2 Å². The van der Waals surface area contributed by atoms with Crippen molar-refractivity contribution in [3.05, 3.63) is 12.2 Å². The third-order valence-electron chi connectivity index (χ3n) is 1.48. The lowest BCUT2D eigenvalue weighted by molar-refractivity contribution is 0.148. The Kier molecular flexibility index (Phi) is 2.16. The molecule has 0 saturated carbocycles. The average molecular weight is 145 g/mol. The zero-order valence-electron chi connectivity index (χ0n) is 5.07. The molecular weight excluding hydrogens is 134 g/mol. The summed E-state index contributed by atoms with van der Waals surface area (Å²) in [5, 5.41) is 9.30. The van der Waals surface area contributed by atoms with E-state index in [1.165, 1.54) is 0 Å². The summed E-state index contributed by atoms with van der Waals surface area (Å²) < 4.78 is 0. The highest BCUT2D eigenvalue weighted by Gasteiger charge is 2.18. The van der Waals surface area contributed by atoms with Crippen LogP contribution < -0.4 is 5.73 Å². The van der Waals surface area contributed by atoms with Gasteiger partial charge in [0, 0.05) is 11.3 Å². The summed E-state index contributed by atoms with van der Waals surface area (Å²) in [7, 11) is 0. The predicted molar refractivity (Wildman–Crippen MR) is 40.5 cm³/mol. The third-order valence-corrected chi connectivity index (χ3v) is 1.87. The second-order valence-electron chi connectivity index (χ2n) is 2.33. The highest BCUT2D eigenvalue weighted by molar-refractivity contribution is 7.81. The molecule has 52 valence electrons. The average Bonchev–Trinajstić information content (AvgIpc) is 1.80. The van der Waals surface area contributed by atoms with Crippen LogP contribution in [0.5, 0.6) is 0 Å². The molecule has 9 heavy (non-hydrogen) atoms. The largest absolute Gasteiger partial charge is 0.391 e. The van der Waals surface area contributed by atoms with Gasteiger partial charge in [-0.05, 0) is 6.42 Å². The molecule has 0 saturated heterocycles. The number of rotatable bonds is 0. The number of aliphatic hydroxyl groups excluding tert-OH is 1. The molecule has 2 nitrogen and oxygen atoms in total.